The molecule has 188 valence electrons. The van der Waals surface area contributed by atoms with Gasteiger partial charge < -0.3 is 20.3 Å². The lowest BCUT2D eigenvalue weighted by atomic mass is 10.0. The van der Waals surface area contributed by atoms with Crippen molar-refractivity contribution in [3.05, 3.63) is 65.6 Å². The van der Waals surface area contributed by atoms with Crippen LogP contribution < -0.4 is 15.5 Å². The predicted molar refractivity (Wildman–Crippen MR) is 140 cm³/mol. The Labute approximate surface area is 211 Å². The van der Waals surface area contributed by atoms with E-state index in [2.05, 4.69) is 44.5 Å². The summed E-state index contributed by atoms with van der Waals surface area (Å²) in [6.07, 6.45) is 4.60. The Morgan fingerprint density at radius 1 is 1.11 bits per heavy atom. The minimum Gasteiger partial charge on any atom is -0.377 e. The number of morpholine rings is 1. The highest BCUT2D eigenvalue weighted by Gasteiger charge is 2.29. The van der Waals surface area contributed by atoms with Crippen molar-refractivity contribution in [1.82, 2.24) is 25.2 Å². The number of fused-ring (bicyclic) bond motifs is 1. The molecule has 9 heteroatoms. The van der Waals surface area contributed by atoms with Gasteiger partial charge in [0, 0.05) is 61.9 Å². The summed E-state index contributed by atoms with van der Waals surface area (Å²) in [6, 6.07) is 11.9. The van der Waals surface area contributed by atoms with Crippen LogP contribution in [0.25, 0.3) is 11.4 Å². The minimum absolute atomic E-state index is 0.215. The van der Waals surface area contributed by atoms with Crippen LogP contribution >= 0.6 is 0 Å². The van der Waals surface area contributed by atoms with Crippen LogP contribution in [0, 0.1) is 0 Å². The number of rotatable bonds is 6. The second-order valence-electron chi connectivity index (χ2n) is 9.29. The number of urea groups is 1. The van der Waals surface area contributed by atoms with Crippen LogP contribution in [0.2, 0.25) is 0 Å². The third-order valence-electron chi connectivity index (χ3n) is 6.66. The number of carbonyl (C=O) groups excluding carboxylic acids is 1. The fraction of sp³-hybridized carbons (Fsp3) is 0.407. The first kappa shape index (κ1) is 24.1. The summed E-state index contributed by atoms with van der Waals surface area (Å²) in [6.45, 7) is 9.47. The molecule has 0 aliphatic carbocycles. The van der Waals surface area contributed by atoms with E-state index in [1.54, 1.807) is 0 Å². The molecule has 2 aliphatic rings. The maximum atomic E-state index is 11.9. The summed E-state index contributed by atoms with van der Waals surface area (Å²) in [5.74, 6) is 1.73. The van der Waals surface area contributed by atoms with E-state index in [4.69, 9.17) is 14.7 Å². The third-order valence-corrected chi connectivity index (χ3v) is 6.66. The lowest BCUT2D eigenvalue weighted by Gasteiger charge is -2.37. The molecule has 3 aromatic rings. The third kappa shape index (κ3) is 5.47. The Morgan fingerprint density at radius 2 is 1.92 bits per heavy atom. The quantitative estimate of drug-likeness (QED) is 0.550. The molecule has 0 spiro atoms. The first-order valence-corrected chi connectivity index (χ1v) is 12.6. The van der Waals surface area contributed by atoms with Crippen molar-refractivity contribution in [3.8, 4) is 11.4 Å². The highest BCUT2D eigenvalue weighted by Crippen LogP contribution is 2.32. The van der Waals surface area contributed by atoms with Crippen LogP contribution in [-0.4, -0.2) is 64.8 Å². The number of amides is 2. The van der Waals surface area contributed by atoms with Gasteiger partial charge in [0.2, 0.25) is 0 Å². The fourth-order valence-corrected chi connectivity index (χ4v) is 4.79. The summed E-state index contributed by atoms with van der Waals surface area (Å²) in [4.78, 5) is 31.0. The lowest BCUT2D eigenvalue weighted by Crippen LogP contribution is -2.45. The molecular weight excluding hydrogens is 454 g/mol. The van der Waals surface area contributed by atoms with Crippen LogP contribution in [0.5, 0.6) is 0 Å². The molecule has 1 atom stereocenters. The van der Waals surface area contributed by atoms with Gasteiger partial charge in [0.05, 0.1) is 24.9 Å². The summed E-state index contributed by atoms with van der Waals surface area (Å²) in [5.41, 5.74) is 5.23. The fourth-order valence-electron chi connectivity index (χ4n) is 4.79. The predicted octanol–water partition coefficient (Wildman–Crippen LogP) is 3.46. The van der Waals surface area contributed by atoms with Crippen LogP contribution in [0.3, 0.4) is 0 Å². The second kappa shape index (κ2) is 11.0. The molecule has 2 amide bonds. The summed E-state index contributed by atoms with van der Waals surface area (Å²) in [7, 11) is 0. The van der Waals surface area contributed by atoms with Gasteiger partial charge >= 0.3 is 6.03 Å². The molecule has 5 rings (SSSR count). The van der Waals surface area contributed by atoms with E-state index in [1.165, 1.54) is 11.1 Å². The highest BCUT2D eigenvalue weighted by atomic mass is 16.5. The van der Waals surface area contributed by atoms with E-state index < -0.39 is 0 Å². The van der Waals surface area contributed by atoms with Crippen molar-refractivity contribution in [3.63, 3.8) is 0 Å². The molecule has 2 N–H and O–H groups in total. The molecule has 9 nitrogen and oxygen atoms in total. The molecule has 2 aromatic heterocycles. The van der Waals surface area contributed by atoms with Gasteiger partial charge in [0.1, 0.15) is 5.82 Å². The van der Waals surface area contributed by atoms with Crippen molar-refractivity contribution >= 4 is 17.5 Å². The zero-order chi connectivity index (χ0) is 24.9. The molecule has 0 radical (unpaired) electrons. The van der Waals surface area contributed by atoms with E-state index in [1.807, 2.05) is 43.6 Å². The first-order valence-electron chi connectivity index (χ1n) is 12.6. The number of anilines is 2. The van der Waals surface area contributed by atoms with Gasteiger partial charge in [-0.25, -0.2) is 14.8 Å². The molecule has 36 heavy (non-hydrogen) atoms. The average molecular weight is 488 g/mol. The molecule has 1 fully saturated rings. The Morgan fingerprint density at radius 3 is 2.67 bits per heavy atom. The number of ether oxygens (including phenoxy) is 1. The molecule has 1 unspecified atom stereocenters. The first-order chi connectivity index (χ1) is 17.6. The summed E-state index contributed by atoms with van der Waals surface area (Å²) < 4.78 is 5.70. The smallest absolute Gasteiger partial charge is 0.319 e. The van der Waals surface area contributed by atoms with E-state index in [0.717, 1.165) is 55.4 Å². The normalized spacial score (nSPS) is 17.9. The van der Waals surface area contributed by atoms with Crippen molar-refractivity contribution in [2.24, 2.45) is 0 Å². The molecule has 4 heterocycles. The van der Waals surface area contributed by atoms with Crippen molar-refractivity contribution in [2.75, 3.05) is 43.1 Å². The van der Waals surface area contributed by atoms with Crippen molar-refractivity contribution < 1.29 is 9.53 Å². The Balaban J connectivity index is 1.45. The maximum absolute atomic E-state index is 11.9. The monoisotopic (exact) mass is 487 g/mol. The Hall–Kier alpha value is -3.56. The van der Waals surface area contributed by atoms with Crippen molar-refractivity contribution in [2.45, 2.75) is 39.4 Å². The van der Waals surface area contributed by atoms with E-state index in [-0.39, 0.29) is 12.1 Å². The number of nitrogens with zero attached hydrogens (tertiary/aromatic N) is 5. The number of aromatic nitrogens is 3. The summed E-state index contributed by atoms with van der Waals surface area (Å²) in [5, 5.41) is 5.59. The maximum Gasteiger partial charge on any atom is 0.319 e. The lowest BCUT2D eigenvalue weighted by molar-refractivity contribution is 0.0983. The Bertz CT molecular complexity index is 1190. The van der Waals surface area contributed by atoms with Gasteiger partial charge in [-0.2, -0.15) is 0 Å². The number of carbonyl (C=O) groups is 1. The number of pyridine rings is 1. The molecule has 1 aromatic carbocycles. The molecule has 1 saturated heterocycles. The molecule has 0 bridgehead atoms. The number of nitrogens with one attached hydrogen (secondary N) is 2. The van der Waals surface area contributed by atoms with Crippen LogP contribution in [0.1, 0.15) is 30.7 Å². The van der Waals surface area contributed by atoms with E-state index >= 15 is 0 Å². The van der Waals surface area contributed by atoms with Crippen molar-refractivity contribution in [1.29, 1.82) is 0 Å². The standard InChI is InChI=1S/C27H33N7O2/c1-3-29-27(35)30-22-6-4-21(5-7-22)25-31-24-17-33(16-20-8-11-28-12-9-20)13-10-23(24)26(32-25)34-14-15-36-18-19(34)2/h4-9,11-12,19H,3,10,13-18H2,1-2H3,(H2,29,30,35). The zero-order valence-corrected chi connectivity index (χ0v) is 20.9. The van der Waals surface area contributed by atoms with Gasteiger partial charge in [0.25, 0.3) is 0 Å². The molecule has 2 aliphatic heterocycles. The average Bonchev–Trinajstić information content (AvgIpc) is 2.89. The minimum atomic E-state index is -0.215. The Kier molecular flexibility index (Phi) is 7.39. The molecule has 0 saturated carbocycles. The summed E-state index contributed by atoms with van der Waals surface area (Å²) >= 11 is 0. The van der Waals surface area contributed by atoms with Gasteiger partial charge in [-0.15, -0.1) is 0 Å². The highest BCUT2D eigenvalue weighted by molar-refractivity contribution is 5.89. The van der Waals surface area contributed by atoms with Gasteiger partial charge in [-0.1, -0.05) is 0 Å². The number of benzene rings is 1. The zero-order valence-electron chi connectivity index (χ0n) is 20.9. The van der Waals surface area contributed by atoms with Gasteiger partial charge in [-0.3, -0.25) is 9.88 Å². The SMILES string of the molecule is CCNC(=O)Nc1ccc(-c2nc3c(c(N4CCOCC4C)n2)CCN(Cc2ccncc2)C3)cc1. The van der Waals surface area contributed by atoms with E-state index in [0.29, 0.717) is 25.6 Å². The van der Waals surface area contributed by atoms with Crippen LogP contribution in [-0.2, 0) is 24.2 Å². The van der Waals surface area contributed by atoms with Crippen LogP contribution in [0.15, 0.2) is 48.8 Å². The van der Waals surface area contributed by atoms with Crippen LogP contribution in [0.4, 0.5) is 16.3 Å². The number of hydrogen-bond donors (Lipinski definition) is 2. The second-order valence-corrected chi connectivity index (χ2v) is 9.29. The topological polar surface area (TPSA) is 95.5 Å². The largest absolute Gasteiger partial charge is 0.377 e. The number of hydrogen-bond acceptors (Lipinski definition) is 7. The molecular formula is C27H33N7O2. The van der Waals surface area contributed by atoms with Gasteiger partial charge in [-0.05, 0) is 62.2 Å². The van der Waals surface area contributed by atoms with Gasteiger partial charge in [0.15, 0.2) is 5.82 Å². The van der Waals surface area contributed by atoms with E-state index in [9.17, 15) is 4.79 Å².